The van der Waals surface area contributed by atoms with E-state index >= 15 is 0 Å². The Hall–Kier alpha value is -2.94. The van der Waals surface area contributed by atoms with Crippen molar-refractivity contribution in [1.29, 1.82) is 0 Å². The van der Waals surface area contributed by atoms with Gasteiger partial charge in [-0.05, 0) is 70.1 Å². The van der Waals surface area contributed by atoms with Crippen molar-refractivity contribution in [2.24, 2.45) is 0 Å². The molecule has 0 aliphatic carbocycles. The highest BCUT2D eigenvalue weighted by Crippen LogP contribution is 2.17. The van der Waals surface area contributed by atoms with Crippen molar-refractivity contribution < 1.29 is 18.7 Å². The molecule has 5 nitrogen and oxygen atoms in total. The number of hydrogen-bond donors (Lipinski definition) is 1. The van der Waals surface area contributed by atoms with Gasteiger partial charge in [-0.2, -0.15) is 0 Å². The van der Waals surface area contributed by atoms with Crippen LogP contribution in [0.1, 0.15) is 11.1 Å². The predicted molar refractivity (Wildman–Crippen MR) is 130 cm³/mol. The first-order chi connectivity index (χ1) is 15.5. The monoisotopic (exact) mass is 546 g/mol. The molecule has 0 radical (unpaired) electrons. The van der Waals surface area contributed by atoms with Crippen LogP contribution in [0, 0.1) is 9.39 Å². The van der Waals surface area contributed by atoms with E-state index in [1.807, 2.05) is 42.5 Å². The van der Waals surface area contributed by atoms with Crippen molar-refractivity contribution >= 4 is 34.4 Å². The summed E-state index contributed by atoms with van der Waals surface area (Å²) in [5.74, 6) is -0.406. The van der Waals surface area contributed by atoms with Crippen LogP contribution in [-0.2, 0) is 22.6 Å². The molecular formula is C25H24FIN2O3. The van der Waals surface area contributed by atoms with Crippen LogP contribution in [0.25, 0.3) is 0 Å². The zero-order chi connectivity index (χ0) is 22.9. The second kappa shape index (κ2) is 11.6. The summed E-state index contributed by atoms with van der Waals surface area (Å²) < 4.78 is 20.1. The number of likely N-dealkylation sites (N-methyl/N-ethyl adjacent to an activating group) is 1. The normalized spacial score (nSPS) is 11.5. The zero-order valence-corrected chi connectivity index (χ0v) is 19.8. The van der Waals surface area contributed by atoms with Crippen molar-refractivity contribution in [2.45, 2.75) is 19.0 Å². The lowest BCUT2D eigenvalue weighted by atomic mass is 10.0. The average molecular weight is 546 g/mol. The average Bonchev–Trinajstić information content (AvgIpc) is 2.82. The lowest BCUT2D eigenvalue weighted by molar-refractivity contribution is -0.142. The third-order valence-electron chi connectivity index (χ3n) is 4.96. The van der Waals surface area contributed by atoms with Crippen LogP contribution in [0.2, 0.25) is 0 Å². The van der Waals surface area contributed by atoms with Gasteiger partial charge in [0.25, 0.3) is 5.91 Å². The van der Waals surface area contributed by atoms with Gasteiger partial charge in [-0.1, -0.05) is 42.5 Å². The van der Waals surface area contributed by atoms with Crippen LogP contribution in [0.4, 0.5) is 4.39 Å². The molecule has 0 aromatic heterocycles. The van der Waals surface area contributed by atoms with E-state index < -0.39 is 6.04 Å². The topological polar surface area (TPSA) is 58.6 Å². The highest BCUT2D eigenvalue weighted by Gasteiger charge is 2.30. The smallest absolute Gasteiger partial charge is 0.261 e. The van der Waals surface area contributed by atoms with Gasteiger partial charge >= 0.3 is 0 Å². The number of ether oxygens (including phenoxy) is 1. The Balaban J connectivity index is 1.85. The lowest BCUT2D eigenvalue weighted by Crippen LogP contribution is -2.51. The number of hydrogen-bond acceptors (Lipinski definition) is 3. The van der Waals surface area contributed by atoms with Crippen molar-refractivity contribution in [2.75, 3.05) is 13.7 Å². The summed E-state index contributed by atoms with van der Waals surface area (Å²) in [5, 5.41) is 2.66. The van der Waals surface area contributed by atoms with Gasteiger partial charge in [-0.3, -0.25) is 9.59 Å². The summed E-state index contributed by atoms with van der Waals surface area (Å²) in [5.41, 5.74) is 1.65. The minimum atomic E-state index is -0.750. The van der Waals surface area contributed by atoms with E-state index in [4.69, 9.17) is 4.74 Å². The molecule has 0 saturated heterocycles. The number of nitrogens with one attached hydrogen (secondary N) is 1. The van der Waals surface area contributed by atoms with Crippen molar-refractivity contribution in [3.63, 3.8) is 0 Å². The largest absolute Gasteiger partial charge is 0.484 e. The Morgan fingerprint density at radius 3 is 2.25 bits per heavy atom. The third-order valence-corrected chi connectivity index (χ3v) is 5.68. The molecule has 1 unspecified atom stereocenters. The Kier molecular flexibility index (Phi) is 8.61. The van der Waals surface area contributed by atoms with Gasteiger partial charge in [0.15, 0.2) is 6.61 Å². The van der Waals surface area contributed by atoms with E-state index in [0.717, 1.165) is 14.7 Å². The number of rotatable bonds is 9. The van der Waals surface area contributed by atoms with Crippen LogP contribution in [0.15, 0.2) is 78.9 Å². The molecule has 32 heavy (non-hydrogen) atoms. The Morgan fingerprint density at radius 1 is 0.969 bits per heavy atom. The van der Waals surface area contributed by atoms with Gasteiger partial charge in [0.2, 0.25) is 5.91 Å². The first kappa shape index (κ1) is 23.7. The summed E-state index contributed by atoms with van der Waals surface area (Å²) in [6, 6.07) is 22.0. The van der Waals surface area contributed by atoms with E-state index in [2.05, 4.69) is 27.9 Å². The maximum atomic E-state index is 13.4. The SMILES string of the molecule is CNC(=O)C(Cc1ccccc1)N(Cc1ccc(F)cc1)C(=O)COc1ccc(I)cc1. The van der Waals surface area contributed by atoms with Crippen LogP contribution >= 0.6 is 22.6 Å². The molecule has 1 atom stereocenters. The fraction of sp³-hybridized carbons (Fsp3) is 0.200. The molecular weight excluding hydrogens is 522 g/mol. The predicted octanol–water partition coefficient (Wildman–Crippen LogP) is 4.20. The van der Waals surface area contributed by atoms with Crippen LogP contribution < -0.4 is 10.1 Å². The first-order valence-corrected chi connectivity index (χ1v) is 11.2. The lowest BCUT2D eigenvalue weighted by Gasteiger charge is -2.31. The highest BCUT2D eigenvalue weighted by molar-refractivity contribution is 14.1. The van der Waals surface area contributed by atoms with Crippen LogP contribution in [-0.4, -0.2) is 36.4 Å². The summed E-state index contributed by atoms with van der Waals surface area (Å²) in [6.45, 7) is -0.0653. The van der Waals surface area contributed by atoms with E-state index in [9.17, 15) is 14.0 Å². The highest BCUT2D eigenvalue weighted by atomic mass is 127. The van der Waals surface area contributed by atoms with Gasteiger partial charge < -0.3 is 15.0 Å². The van der Waals surface area contributed by atoms with Gasteiger partial charge in [0.1, 0.15) is 17.6 Å². The van der Waals surface area contributed by atoms with Crippen molar-refractivity contribution in [1.82, 2.24) is 10.2 Å². The number of carbonyl (C=O) groups excluding carboxylic acids is 2. The second-order valence-electron chi connectivity index (χ2n) is 7.21. The number of halogens is 2. The van der Waals surface area contributed by atoms with E-state index in [1.54, 1.807) is 31.3 Å². The molecule has 2 amide bonds. The molecule has 1 N–H and O–H groups in total. The van der Waals surface area contributed by atoms with E-state index in [-0.39, 0.29) is 30.8 Å². The summed E-state index contributed by atoms with van der Waals surface area (Å²) >= 11 is 2.19. The molecule has 3 aromatic rings. The number of amides is 2. The molecule has 0 heterocycles. The molecule has 7 heteroatoms. The number of nitrogens with zero attached hydrogens (tertiary/aromatic N) is 1. The maximum absolute atomic E-state index is 13.4. The fourth-order valence-electron chi connectivity index (χ4n) is 3.27. The Bertz CT molecular complexity index is 1030. The minimum Gasteiger partial charge on any atom is -0.484 e. The zero-order valence-electron chi connectivity index (χ0n) is 17.6. The molecule has 0 aliphatic rings. The van der Waals surface area contributed by atoms with Gasteiger partial charge in [-0.25, -0.2) is 4.39 Å². The van der Waals surface area contributed by atoms with Gasteiger partial charge in [0.05, 0.1) is 0 Å². The van der Waals surface area contributed by atoms with E-state index in [0.29, 0.717) is 12.2 Å². The molecule has 0 spiro atoms. The summed E-state index contributed by atoms with van der Waals surface area (Å²) in [7, 11) is 1.54. The fourth-order valence-corrected chi connectivity index (χ4v) is 3.63. The Labute approximate surface area is 200 Å². The second-order valence-corrected chi connectivity index (χ2v) is 8.46. The van der Waals surface area contributed by atoms with E-state index in [1.165, 1.54) is 17.0 Å². The molecule has 3 aromatic carbocycles. The molecule has 3 rings (SSSR count). The van der Waals surface area contributed by atoms with Crippen LogP contribution in [0.3, 0.4) is 0 Å². The third kappa shape index (κ3) is 6.78. The minimum absolute atomic E-state index is 0.153. The molecule has 0 aliphatic heterocycles. The standard InChI is InChI=1S/C25H24FIN2O3/c1-28-25(31)23(15-18-5-3-2-4-6-18)29(16-19-7-9-20(26)10-8-19)24(30)17-32-22-13-11-21(27)12-14-22/h2-14,23H,15-17H2,1H3,(H,28,31). The first-order valence-electron chi connectivity index (χ1n) is 10.1. The van der Waals surface area contributed by atoms with Gasteiger partial charge in [0, 0.05) is 23.6 Å². The molecule has 0 saturated carbocycles. The number of carbonyl (C=O) groups is 2. The van der Waals surface area contributed by atoms with Crippen LogP contribution in [0.5, 0.6) is 5.75 Å². The molecule has 0 fully saturated rings. The summed E-state index contributed by atoms with van der Waals surface area (Å²) in [6.07, 6.45) is 0.344. The van der Waals surface area contributed by atoms with Crippen molar-refractivity contribution in [3.8, 4) is 5.75 Å². The van der Waals surface area contributed by atoms with Gasteiger partial charge in [-0.15, -0.1) is 0 Å². The Morgan fingerprint density at radius 2 is 1.62 bits per heavy atom. The molecule has 0 bridgehead atoms. The molecule has 166 valence electrons. The number of benzene rings is 3. The maximum Gasteiger partial charge on any atom is 0.261 e. The quantitative estimate of drug-likeness (QED) is 0.410. The van der Waals surface area contributed by atoms with Crippen molar-refractivity contribution in [3.05, 3.63) is 99.4 Å². The summed E-state index contributed by atoms with van der Waals surface area (Å²) in [4.78, 5) is 27.6.